The lowest BCUT2D eigenvalue weighted by Crippen LogP contribution is -2.19. The Kier molecular flexibility index (Phi) is 2.43. The Morgan fingerprint density at radius 3 is 2.69 bits per heavy atom. The van der Waals surface area contributed by atoms with Crippen molar-refractivity contribution in [3.05, 3.63) is 22.5 Å². The molecule has 1 aliphatic rings. The van der Waals surface area contributed by atoms with Gasteiger partial charge >= 0.3 is 5.97 Å². The molecule has 1 heterocycles. The van der Waals surface area contributed by atoms with Crippen LogP contribution in [0, 0.1) is 11.8 Å². The maximum Gasteiger partial charge on any atom is 0.307 e. The van der Waals surface area contributed by atoms with Crippen LogP contribution < -0.4 is 10.9 Å². The monoisotopic (exact) mass is 223 g/mol. The van der Waals surface area contributed by atoms with Gasteiger partial charge in [0, 0.05) is 6.07 Å². The second-order valence-corrected chi connectivity index (χ2v) is 3.58. The van der Waals surface area contributed by atoms with Gasteiger partial charge in [0.1, 0.15) is 0 Å². The summed E-state index contributed by atoms with van der Waals surface area (Å²) in [5.74, 6) is -2.23. The fourth-order valence-electron chi connectivity index (χ4n) is 1.39. The van der Waals surface area contributed by atoms with Crippen molar-refractivity contribution in [2.75, 3.05) is 5.32 Å². The maximum absolute atomic E-state index is 11.5. The van der Waals surface area contributed by atoms with Gasteiger partial charge in [-0.05, 0) is 12.5 Å². The third-order valence-electron chi connectivity index (χ3n) is 2.37. The predicted octanol–water partition coefficient (Wildman–Crippen LogP) is -0.571. The zero-order valence-corrected chi connectivity index (χ0v) is 8.14. The number of nitrogens with zero attached hydrogens (tertiary/aromatic N) is 1. The normalized spacial score (nSPS) is 22.5. The average Bonchev–Trinajstić information content (AvgIpc) is 3.01. The van der Waals surface area contributed by atoms with Gasteiger partial charge < -0.3 is 10.4 Å². The fraction of sp³-hybridized carbons (Fsp3) is 0.333. The number of rotatable bonds is 3. The van der Waals surface area contributed by atoms with E-state index >= 15 is 0 Å². The van der Waals surface area contributed by atoms with E-state index < -0.39 is 17.8 Å². The Hall–Kier alpha value is -2.18. The van der Waals surface area contributed by atoms with Crippen molar-refractivity contribution in [2.24, 2.45) is 11.8 Å². The highest BCUT2D eigenvalue weighted by atomic mass is 16.4. The average molecular weight is 223 g/mol. The highest BCUT2D eigenvalue weighted by Gasteiger charge is 2.48. The Morgan fingerprint density at radius 1 is 1.44 bits per heavy atom. The fourth-order valence-corrected chi connectivity index (χ4v) is 1.39. The number of carboxylic acids is 1. The van der Waals surface area contributed by atoms with E-state index in [1.54, 1.807) is 0 Å². The number of aromatic amines is 1. The number of aliphatic carboxylic acids is 1. The van der Waals surface area contributed by atoms with Crippen LogP contribution in [-0.2, 0) is 9.59 Å². The van der Waals surface area contributed by atoms with Crippen LogP contribution in [0.1, 0.15) is 6.42 Å². The molecular formula is C9H9N3O4. The molecule has 2 rings (SSSR count). The number of carboxylic acid groups (broad SMARTS) is 1. The van der Waals surface area contributed by atoms with E-state index in [1.165, 1.54) is 12.1 Å². The van der Waals surface area contributed by atoms with Gasteiger partial charge in [0.15, 0.2) is 5.82 Å². The number of hydrogen-bond acceptors (Lipinski definition) is 4. The number of aromatic nitrogens is 2. The number of anilines is 1. The van der Waals surface area contributed by atoms with E-state index in [4.69, 9.17) is 5.11 Å². The summed E-state index contributed by atoms with van der Waals surface area (Å²) in [6, 6.07) is 2.58. The molecule has 1 amide bonds. The van der Waals surface area contributed by atoms with Crippen molar-refractivity contribution in [1.29, 1.82) is 0 Å². The predicted molar refractivity (Wildman–Crippen MR) is 52.7 cm³/mol. The molecule has 1 aliphatic carbocycles. The van der Waals surface area contributed by atoms with Crippen LogP contribution in [0.5, 0.6) is 0 Å². The molecule has 0 spiro atoms. The molecule has 0 saturated heterocycles. The summed E-state index contributed by atoms with van der Waals surface area (Å²) in [6.45, 7) is 0. The molecule has 1 aromatic rings. The molecule has 0 radical (unpaired) electrons. The Balaban J connectivity index is 1.96. The first kappa shape index (κ1) is 10.3. The largest absolute Gasteiger partial charge is 0.481 e. The summed E-state index contributed by atoms with van der Waals surface area (Å²) >= 11 is 0. The van der Waals surface area contributed by atoms with E-state index in [-0.39, 0.29) is 17.3 Å². The molecule has 7 heteroatoms. The number of carbonyl (C=O) groups excluding carboxylic acids is 1. The third-order valence-corrected chi connectivity index (χ3v) is 2.37. The summed E-state index contributed by atoms with van der Waals surface area (Å²) in [6.07, 6.45) is 0.352. The molecule has 0 aromatic carbocycles. The van der Waals surface area contributed by atoms with Crippen LogP contribution in [0.25, 0.3) is 0 Å². The van der Waals surface area contributed by atoms with E-state index in [9.17, 15) is 14.4 Å². The number of carbonyl (C=O) groups is 2. The molecule has 16 heavy (non-hydrogen) atoms. The molecule has 7 nitrogen and oxygen atoms in total. The van der Waals surface area contributed by atoms with Crippen LogP contribution in [0.4, 0.5) is 5.82 Å². The van der Waals surface area contributed by atoms with Gasteiger partial charge in [0.25, 0.3) is 5.56 Å². The topological polar surface area (TPSA) is 112 Å². The molecule has 3 N–H and O–H groups in total. The van der Waals surface area contributed by atoms with Crippen LogP contribution in [0.15, 0.2) is 16.9 Å². The maximum atomic E-state index is 11.5. The van der Waals surface area contributed by atoms with Gasteiger partial charge in [-0.2, -0.15) is 5.10 Å². The minimum absolute atomic E-state index is 0.209. The van der Waals surface area contributed by atoms with Gasteiger partial charge in [-0.1, -0.05) is 0 Å². The van der Waals surface area contributed by atoms with E-state index in [2.05, 4.69) is 15.5 Å². The van der Waals surface area contributed by atoms with Gasteiger partial charge in [-0.25, -0.2) is 5.10 Å². The molecule has 1 saturated carbocycles. The van der Waals surface area contributed by atoms with Crippen LogP contribution in [0.3, 0.4) is 0 Å². The minimum Gasteiger partial charge on any atom is -0.481 e. The van der Waals surface area contributed by atoms with Crippen molar-refractivity contribution < 1.29 is 14.7 Å². The zero-order chi connectivity index (χ0) is 11.7. The van der Waals surface area contributed by atoms with Gasteiger partial charge in [0.05, 0.1) is 11.8 Å². The van der Waals surface area contributed by atoms with Crippen LogP contribution in [0.2, 0.25) is 0 Å². The molecule has 0 bridgehead atoms. The van der Waals surface area contributed by atoms with Crippen molar-refractivity contribution >= 4 is 17.7 Å². The first-order valence-electron chi connectivity index (χ1n) is 4.67. The zero-order valence-electron chi connectivity index (χ0n) is 8.14. The van der Waals surface area contributed by atoms with E-state index in [0.29, 0.717) is 6.42 Å². The Labute approximate surface area is 89.5 Å². The van der Waals surface area contributed by atoms with Gasteiger partial charge in [0.2, 0.25) is 5.91 Å². The summed E-state index contributed by atoms with van der Waals surface area (Å²) < 4.78 is 0. The first-order valence-corrected chi connectivity index (χ1v) is 4.67. The number of H-pyrrole nitrogens is 1. The van der Waals surface area contributed by atoms with Gasteiger partial charge in [-0.3, -0.25) is 14.4 Å². The molecule has 1 aromatic heterocycles. The van der Waals surface area contributed by atoms with E-state index in [0.717, 1.165) is 0 Å². The minimum atomic E-state index is -0.963. The lowest BCUT2D eigenvalue weighted by atomic mass is 10.3. The Bertz CT molecular complexity index is 475. The van der Waals surface area contributed by atoms with Crippen molar-refractivity contribution in [2.45, 2.75) is 6.42 Å². The lowest BCUT2D eigenvalue weighted by molar-refractivity contribution is -0.139. The van der Waals surface area contributed by atoms with Gasteiger partial charge in [-0.15, -0.1) is 0 Å². The summed E-state index contributed by atoms with van der Waals surface area (Å²) in [5.41, 5.74) is -0.368. The third kappa shape index (κ3) is 2.08. The second-order valence-electron chi connectivity index (χ2n) is 3.58. The van der Waals surface area contributed by atoms with Crippen molar-refractivity contribution in [3.63, 3.8) is 0 Å². The molecule has 1 fully saturated rings. The molecule has 84 valence electrons. The molecule has 2 atom stereocenters. The van der Waals surface area contributed by atoms with Crippen LogP contribution >= 0.6 is 0 Å². The van der Waals surface area contributed by atoms with Crippen molar-refractivity contribution in [1.82, 2.24) is 10.2 Å². The smallest absolute Gasteiger partial charge is 0.307 e. The highest BCUT2D eigenvalue weighted by molar-refractivity contribution is 5.97. The number of nitrogens with one attached hydrogen (secondary N) is 2. The van der Waals surface area contributed by atoms with Crippen molar-refractivity contribution in [3.8, 4) is 0 Å². The number of amides is 1. The standard InChI is InChI=1S/C9H9N3O4/c13-7-2-1-6(11-12-7)10-8(14)4-3-5(4)9(15)16/h1-2,4-5H,3H2,(H,12,13)(H,15,16)(H,10,11,14). The molecular weight excluding hydrogens is 214 g/mol. The second kappa shape index (κ2) is 3.76. The quantitative estimate of drug-likeness (QED) is 0.635. The highest BCUT2D eigenvalue weighted by Crippen LogP contribution is 2.39. The SMILES string of the molecule is O=C(O)C1CC1C(=O)Nc1ccc(=O)[nH]n1. The van der Waals surface area contributed by atoms with Crippen LogP contribution in [-0.4, -0.2) is 27.2 Å². The first-order chi connectivity index (χ1) is 7.58. The Morgan fingerprint density at radius 2 is 2.19 bits per heavy atom. The molecule has 2 unspecified atom stereocenters. The number of hydrogen-bond donors (Lipinski definition) is 3. The van der Waals surface area contributed by atoms with E-state index in [1.807, 2.05) is 0 Å². The summed E-state index contributed by atoms with van der Waals surface area (Å²) in [5, 5.41) is 16.8. The summed E-state index contributed by atoms with van der Waals surface area (Å²) in [4.78, 5) is 32.7. The molecule has 0 aliphatic heterocycles. The summed E-state index contributed by atoms with van der Waals surface area (Å²) in [7, 11) is 0. The lowest BCUT2D eigenvalue weighted by Gasteiger charge is -2.01.